The lowest BCUT2D eigenvalue weighted by Gasteiger charge is -1.97. The van der Waals surface area contributed by atoms with Crippen LogP contribution in [0.5, 0.6) is 0 Å². The molecule has 2 nitrogen and oxygen atoms in total. The SMILES string of the molecule is Nc1cc2c(cc1S)oc1ccc(Cl)cc12. The molecule has 2 N–H and O–H groups in total. The second kappa shape index (κ2) is 3.34. The van der Waals surface area contributed by atoms with Crippen LogP contribution in [0.1, 0.15) is 0 Å². The Hall–Kier alpha value is -1.32. The summed E-state index contributed by atoms with van der Waals surface area (Å²) in [5.74, 6) is 0. The number of hydrogen-bond donors (Lipinski definition) is 2. The van der Waals surface area contributed by atoms with E-state index in [2.05, 4.69) is 12.6 Å². The second-order valence-electron chi connectivity index (χ2n) is 3.65. The van der Waals surface area contributed by atoms with Crippen LogP contribution in [0, 0.1) is 0 Å². The van der Waals surface area contributed by atoms with Gasteiger partial charge in [0.25, 0.3) is 0 Å². The molecule has 0 fully saturated rings. The van der Waals surface area contributed by atoms with E-state index in [1.54, 1.807) is 6.07 Å². The highest BCUT2D eigenvalue weighted by Gasteiger charge is 2.09. The van der Waals surface area contributed by atoms with Gasteiger partial charge in [0.1, 0.15) is 11.2 Å². The van der Waals surface area contributed by atoms with E-state index >= 15 is 0 Å². The maximum absolute atomic E-state index is 5.96. The molecule has 1 heterocycles. The van der Waals surface area contributed by atoms with Crippen LogP contribution in [-0.2, 0) is 0 Å². The molecule has 80 valence electrons. The molecule has 2 aromatic carbocycles. The molecule has 0 amide bonds. The first-order valence-electron chi connectivity index (χ1n) is 4.75. The first-order valence-corrected chi connectivity index (χ1v) is 5.58. The number of furan rings is 1. The molecule has 1 aromatic heterocycles. The highest BCUT2D eigenvalue weighted by Crippen LogP contribution is 2.34. The fourth-order valence-corrected chi connectivity index (χ4v) is 2.15. The Labute approximate surface area is 102 Å². The van der Waals surface area contributed by atoms with Crippen LogP contribution in [-0.4, -0.2) is 0 Å². The van der Waals surface area contributed by atoms with Crippen molar-refractivity contribution < 1.29 is 4.42 Å². The zero-order valence-corrected chi connectivity index (χ0v) is 9.85. The number of rotatable bonds is 0. The number of halogens is 1. The van der Waals surface area contributed by atoms with Crippen LogP contribution in [0.15, 0.2) is 39.6 Å². The molecule has 0 bridgehead atoms. The fraction of sp³-hybridized carbons (Fsp3) is 0. The number of anilines is 1. The van der Waals surface area contributed by atoms with Gasteiger partial charge >= 0.3 is 0 Å². The molecule has 0 spiro atoms. The van der Waals surface area contributed by atoms with Crippen molar-refractivity contribution in [3.05, 3.63) is 35.4 Å². The zero-order valence-electron chi connectivity index (χ0n) is 8.20. The summed E-state index contributed by atoms with van der Waals surface area (Å²) in [5, 5.41) is 2.62. The van der Waals surface area contributed by atoms with Gasteiger partial charge in [0.05, 0.1) is 0 Å². The van der Waals surface area contributed by atoms with E-state index in [1.807, 2.05) is 24.3 Å². The van der Waals surface area contributed by atoms with Gasteiger partial charge in [-0.15, -0.1) is 12.6 Å². The number of benzene rings is 2. The highest BCUT2D eigenvalue weighted by molar-refractivity contribution is 7.80. The third-order valence-electron chi connectivity index (χ3n) is 2.58. The van der Waals surface area contributed by atoms with Gasteiger partial charge in [-0.05, 0) is 30.3 Å². The smallest absolute Gasteiger partial charge is 0.136 e. The second-order valence-corrected chi connectivity index (χ2v) is 4.57. The topological polar surface area (TPSA) is 39.2 Å². The Balaban J connectivity index is 2.53. The minimum absolute atomic E-state index is 0.638. The van der Waals surface area contributed by atoms with Crippen molar-refractivity contribution in [3.63, 3.8) is 0 Å². The maximum Gasteiger partial charge on any atom is 0.136 e. The first kappa shape index (κ1) is 9.87. The number of thiol groups is 1. The highest BCUT2D eigenvalue weighted by atomic mass is 35.5. The molecular weight excluding hydrogens is 242 g/mol. The van der Waals surface area contributed by atoms with E-state index < -0.39 is 0 Å². The van der Waals surface area contributed by atoms with Crippen LogP contribution >= 0.6 is 24.2 Å². The number of nitrogens with two attached hydrogens (primary N) is 1. The van der Waals surface area contributed by atoms with Crippen LogP contribution in [0.25, 0.3) is 21.9 Å². The van der Waals surface area contributed by atoms with E-state index in [9.17, 15) is 0 Å². The lowest BCUT2D eigenvalue weighted by molar-refractivity contribution is 0.668. The number of fused-ring (bicyclic) bond motifs is 3. The van der Waals surface area contributed by atoms with E-state index in [4.69, 9.17) is 21.8 Å². The lowest BCUT2D eigenvalue weighted by atomic mass is 10.1. The molecule has 0 saturated carbocycles. The summed E-state index contributed by atoms with van der Waals surface area (Å²) in [4.78, 5) is 0.720. The van der Waals surface area contributed by atoms with E-state index in [-0.39, 0.29) is 0 Å². The summed E-state index contributed by atoms with van der Waals surface area (Å²) in [5.41, 5.74) is 8.04. The Kier molecular flexibility index (Phi) is 2.06. The molecule has 0 aliphatic carbocycles. The predicted molar refractivity (Wildman–Crippen MR) is 70.4 cm³/mol. The quantitative estimate of drug-likeness (QED) is 0.465. The summed E-state index contributed by atoms with van der Waals surface area (Å²) < 4.78 is 5.68. The molecule has 3 rings (SSSR count). The molecule has 0 atom stereocenters. The van der Waals surface area contributed by atoms with Gasteiger partial charge in [-0.2, -0.15) is 0 Å². The van der Waals surface area contributed by atoms with Crippen LogP contribution in [0.3, 0.4) is 0 Å². The molecule has 0 unspecified atom stereocenters. The van der Waals surface area contributed by atoms with Gasteiger partial charge in [0, 0.05) is 26.4 Å². The van der Waals surface area contributed by atoms with Crippen molar-refractivity contribution >= 4 is 51.9 Å². The normalized spacial score (nSPS) is 11.4. The Morgan fingerprint density at radius 3 is 2.62 bits per heavy atom. The summed E-state index contributed by atoms with van der Waals surface area (Å²) in [6, 6.07) is 9.21. The molecule has 0 radical (unpaired) electrons. The van der Waals surface area contributed by atoms with Gasteiger partial charge in [0.2, 0.25) is 0 Å². The van der Waals surface area contributed by atoms with E-state index in [1.165, 1.54) is 0 Å². The Morgan fingerprint density at radius 2 is 1.81 bits per heavy atom. The van der Waals surface area contributed by atoms with Crippen molar-refractivity contribution in [2.24, 2.45) is 0 Å². The average Bonchev–Trinajstić information content (AvgIpc) is 2.57. The molecule has 3 aromatic rings. The molecule has 4 heteroatoms. The summed E-state index contributed by atoms with van der Waals surface area (Å²) in [6.45, 7) is 0. The summed E-state index contributed by atoms with van der Waals surface area (Å²) in [6.07, 6.45) is 0. The molecular formula is C12H8ClNOS. The molecule has 16 heavy (non-hydrogen) atoms. The molecule has 0 aliphatic heterocycles. The maximum atomic E-state index is 5.96. The average molecular weight is 250 g/mol. The first-order chi connectivity index (χ1) is 7.65. The number of hydrogen-bond acceptors (Lipinski definition) is 3. The monoisotopic (exact) mass is 249 g/mol. The minimum Gasteiger partial charge on any atom is -0.456 e. The van der Waals surface area contributed by atoms with E-state index in [0.717, 1.165) is 26.8 Å². The molecule has 0 saturated heterocycles. The summed E-state index contributed by atoms with van der Waals surface area (Å²) >= 11 is 10.2. The Bertz CT molecular complexity index is 705. The van der Waals surface area contributed by atoms with Gasteiger partial charge < -0.3 is 10.2 Å². The van der Waals surface area contributed by atoms with Crippen molar-refractivity contribution in [3.8, 4) is 0 Å². The van der Waals surface area contributed by atoms with Crippen molar-refractivity contribution in [2.75, 3.05) is 5.73 Å². The van der Waals surface area contributed by atoms with Gasteiger partial charge in [-0.3, -0.25) is 0 Å². The van der Waals surface area contributed by atoms with Gasteiger partial charge in [0.15, 0.2) is 0 Å². The summed E-state index contributed by atoms with van der Waals surface area (Å²) in [7, 11) is 0. The Morgan fingerprint density at radius 1 is 1.06 bits per heavy atom. The van der Waals surface area contributed by atoms with Crippen molar-refractivity contribution in [2.45, 2.75) is 4.90 Å². The molecule has 0 aliphatic rings. The van der Waals surface area contributed by atoms with Gasteiger partial charge in [-0.1, -0.05) is 11.6 Å². The van der Waals surface area contributed by atoms with Crippen molar-refractivity contribution in [1.29, 1.82) is 0 Å². The lowest BCUT2D eigenvalue weighted by Crippen LogP contribution is -1.85. The van der Waals surface area contributed by atoms with Crippen LogP contribution in [0.2, 0.25) is 5.02 Å². The third kappa shape index (κ3) is 1.36. The van der Waals surface area contributed by atoms with Crippen LogP contribution in [0.4, 0.5) is 5.69 Å². The third-order valence-corrected chi connectivity index (χ3v) is 3.20. The predicted octanol–water partition coefficient (Wildman–Crippen LogP) is 4.11. The standard InChI is InChI=1S/C12H8ClNOS/c13-6-1-2-10-7(3-6)8-4-9(14)12(16)5-11(8)15-10/h1-5,16H,14H2. The van der Waals surface area contributed by atoms with Gasteiger partial charge in [-0.25, -0.2) is 0 Å². The fourth-order valence-electron chi connectivity index (χ4n) is 1.80. The number of nitrogen functional groups attached to an aromatic ring is 1. The van der Waals surface area contributed by atoms with Crippen molar-refractivity contribution in [1.82, 2.24) is 0 Å². The van der Waals surface area contributed by atoms with Crippen LogP contribution < -0.4 is 5.73 Å². The minimum atomic E-state index is 0.638. The zero-order chi connectivity index (χ0) is 11.3. The van der Waals surface area contributed by atoms with E-state index in [0.29, 0.717) is 10.7 Å². The largest absolute Gasteiger partial charge is 0.456 e.